The number of tetrazole rings is 1. The monoisotopic (exact) mass is 405 g/mol. The summed E-state index contributed by atoms with van der Waals surface area (Å²) in [5.41, 5.74) is 4.84. The second-order valence-corrected chi connectivity index (χ2v) is 7.58. The number of aromatic amines is 1. The second kappa shape index (κ2) is 8.44. The van der Waals surface area contributed by atoms with Gasteiger partial charge in [0.2, 0.25) is 0 Å². The molecule has 0 unspecified atom stereocenters. The number of hydrogen-bond acceptors (Lipinski definition) is 5. The van der Waals surface area contributed by atoms with Crippen LogP contribution in [0.15, 0.2) is 42.5 Å². The van der Waals surface area contributed by atoms with Crippen LogP contribution < -0.4 is 5.32 Å². The molecule has 1 aliphatic heterocycles. The molecule has 0 radical (unpaired) electrons. The minimum Gasteiger partial charge on any atom is -0.481 e. The molecule has 0 saturated heterocycles. The van der Waals surface area contributed by atoms with Crippen LogP contribution in [-0.2, 0) is 17.8 Å². The van der Waals surface area contributed by atoms with Gasteiger partial charge in [0.1, 0.15) is 0 Å². The molecule has 8 heteroatoms. The zero-order valence-corrected chi connectivity index (χ0v) is 16.6. The molecule has 8 nitrogen and oxygen atoms in total. The normalized spacial score (nSPS) is 14.8. The summed E-state index contributed by atoms with van der Waals surface area (Å²) < 4.78 is 0. The molecule has 0 spiro atoms. The third-order valence-corrected chi connectivity index (χ3v) is 5.65. The van der Waals surface area contributed by atoms with Crippen molar-refractivity contribution in [2.45, 2.75) is 38.6 Å². The lowest BCUT2D eigenvalue weighted by Gasteiger charge is -2.21. The van der Waals surface area contributed by atoms with Gasteiger partial charge >= 0.3 is 5.97 Å². The standard InChI is InChI=1S/C22H23N5O3/c1-2-3-18(22(29)30)19(20-24-26-27-25-20)10-13-4-6-14(7-5-13)15-8-9-17-16(11-15)12-23-21(17)28/h4-9,11,18-19H,2-3,10,12H2,1H3,(H,23,28)(H,29,30)(H,24,25,26,27)/t18-,19-/m0/s1. The fraction of sp³-hybridized carbons (Fsp3) is 0.318. The van der Waals surface area contributed by atoms with Gasteiger partial charge in [-0.25, -0.2) is 5.10 Å². The number of aromatic nitrogens is 4. The largest absolute Gasteiger partial charge is 0.481 e. The van der Waals surface area contributed by atoms with Crippen molar-refractivity contribution < 1.29 is 14.7 Å². The average molecular weight is 405 g/mol. The van der Waals surface area contributed by atoms with Gasteiger partial charge in [0.25, 0.3) is 5.91 Å². The van der Waals surface area contributed by atoms with Gasteiger partial charge in [-0.3, -0.25) is 9.59 Å². The number of aliphatic carboxylic acids is 1. The fourth-order valence-corrected chi connectivity index (χ4v) is 4.06. The molecule has 154 valence electrons. The SMILES string of the molecule is CCC[C@H](C(=O)O)[C@H](Cc1ccc(-c2ccc3c(c2)CNC3=O)cc1)c1nnn[nH]1. The van der Waals surface area contributed by atoms with E-state index in [-0.39, 0.29) is 11.8 Å². The topological polar surface area (TPSA) is 121 Å². The Bertz CT molecular complexity index is 1050. The van der Waals surface area contributed by atoms with Crippen LogP contribution in [0.2, 0.25) is 0 Å². The van der Waals surface area contributed by atoms with E-state index in [1.807, 2.05) is 49.4 Å². The number of hydrogen-bond donors (Lipinski definition) is 3. The number of fused-ring (bicyclic) bond motifs is 1. The van der Waals surface area contributed by atoms with Gasteiger partial charge in [0.05, 0.1) is 5.92 Å². The van der Waals surface area contributed by atoms with Crippen LogP contribution in [0, 0.1) is 5.92 Å². The summed E-state index contributed by atoms with van der Waals surface area (Å²) in [5, 5.41) is 26.6. The summed E-state index contributed by atoms with van der Waals surface area (Å²) in [7, 11) is 0. The number of nitrogens with one attached hydrogen (secondary N) is 2. The number of benzene rings is 2. The van der Waals surface area contributed by atoms with Crippen molar-refractivity contribution in [1.82, 2.24) is 25.9 Å². The zero-order chi connectivity index (χ0) is 21.1. The lowest BCUT2D eigenvalue weighted by atomic mass is 9.83. The molecular formula is C22H23N5O3. The molecule has 0 bridgehead atoms. The smallest absolute Gasteiger partial charge is 0.307 e. The predicted molar refractivity (Wildman–Crippen MR) is 110 cm³/mol. The first-order chi connectivity index (χ1) is 14.6. The summed E-state index contributed by atoms with van der Waals surface area (Å²) in [4.78, 5) is 23.6. The molecule has 1 aromatic heterocycles. The number of amides is 1. The van der Waals surface area contributed by atoms with E-state index in [1.165, 1.54) is 0 Å². The van der Waals surface area contributed by atoms with E-state index in [1.54, 1.807) is 0 Å². The number of carboxylic acid groups (broad SMARTS) is 1. The van der Waals surface area contributed by atoms with Crippen LogP contribution in [0.25, 0.3) is 11.1 Å². The Balaban J connectivity index is 1.57. The van der Waals surface area contributed by atoms with Crippen molar-refractivity contribution >= 4 is 11.9 Å². The Morgan fingerprint density at radius 1 is 1.17 bits per heavy atom. The van der Waals surface area contributed by atoms with Crippen LogP contribution in [-0.4, -0.2) is 37.6 Å². The Hall–Kier alpha value is -3.55. The maximum Gasteiger partial charge on any atom is 0.307 e. The molecule has 0 fully saturated rings. The number of rotatable bonds is 8. The van der Waals surface area contributed by atoms with E-state index >= 15 is 0 Å². The summed E-state index contributed by atoms with van der Waals surface area (Å²) in [5.74, 6) is -1.27. The summed E-state index contributed by atoms with van der Waals surface area (Å²) in [6.07, 6.45) is 1.85. The van der Waals surface area contributed by atoms with Crippen LogP contribution >= 0.6 is 0 Å². The number of carboxylic acids is 1. The fourth-order valence-electron chi connectivity index (χ4n) is 4.06. The van der Waals surface area contributed by atoms with Gasteiger partial charge in [-0.2, -0.15) is 0 Å². The molecule has 3 aromatic rings. The first-order valence-electron chi connectivity index (χ1n) is 10.0. The highest BCUT2D eigenvalue weighted by Gasteiger charge is 2.31. The summed E-state index contributed by atoms with van der Waals surface area (Å²) >= 11 is 0. The van der Waals surface area contributed by atoms with Crippen LogP contribution in [0.4, 0.5) is 0 Å². The molecule has 1 aliphatic rings. The number of H-pyrrole nitrogens is 1. The van der Waals surface area contributed by atoms with E-state index in [9.17, 15) is 14.7 Å². The van der Waals surface area contributed by atoms with Crippen molar-refractivity contribution in [3.63, 3.8) is 0 Å². The molecule has 0 aliphatic carbocycles. The third kappa shape index (κ3) is 3.94. The maximum atomic E-state index is 11.9. The Morgan fingerprint density at radius 2 is 1.93 bits per heavy atom. The molecule has 3 N–H and O–H groups in total. The number of nitrogens with zero attached hydrogens (tertiary/aromatic N) is 3. The van der Waals surface area contributed by atoms with Gasteiger partial charge < -0.3 is 10.4 Å². The lowest BCUT2D eigenvalue weighted by Crippen LogP contribution is -2.25. The van der Waals surface area contributed by atoms with E-state index < -0.39 is 11.9 Å². The molecule has 0 saturated carbocycles. The first-order valence-corrected chi connectivity index (χ1v) is 10.0. The number of carbonyl (C=O) groups is 2. The Labute approximate surface area is 173 Å². The Kier molecular flexibility index (Phi) is 5.56. The van der Waals surface area contributed by atoms with Gasteiger partial charge in [-0.05, 0) is 57.7 Å². The van der Waals surface area contributed by atoms with Gasteiger partial charge in [-0.15, -0.1) is 5.10 Å². The first kappa shape index (κ1) is 19.8. The molecule has 30 heavy (non-hydrogen) atoms. The third-order valence-electron chi connectivity index (χ3n) is 5.65. The van der Waals surface area contributed by atoms with E-state index in [0.717, 1.165) is 34.2 Å². The van der Waals surface area contributed by atoms with Crippen molar-refractivity contribution in [2.75, 3.05) is 0 Å². The van der Waals surface area contributed by atoms with Gasteiger partial charge in [-0.1, -0.05) is 43.7 Å². The highest BCUT2D eigenvalue weighted by molar-refractivity contribution is 5.98. The summed E-state index contributed by atoms with van der Waals surface area (Å²) in [6.45, 7) is 2.53. The molecule has 2 heterocycles. The van der Waals surface area contributed by atoms with Crippen LogP contribution in [0.5, 0.6) is 0 Å². The second-order valence-electron chi connectivity index (χ2n) is 7.58. The molecular weight excluding hydrogens is 382 g/mol. The van der Waals surface area contributed by atoms with Crippen molar-refractivity contribution in [3.05, 3.63) is 65.0 Å². The zero-order valence-electron chi connectivity index (χ0n) is 16.6. The van der Waals surface area contributed by atoms with Gasteiger partial charge in [0, 0.05) is 18.0 Å². The lowest BCUT2D eigenvalue weighted by molar-refractivity contribution is -0.143. The minimum absolute atomic E-state index is 0.0279. The minimum atomic E-state index is -0.837. The van der Waals surface area contributed by atoms with E-state index in [0.29, 0.717) is 25.2 Å². The van der Waals surface area contributed by atoms with E-state index in [4.69, 9.17) is 0 Å². The van der Waals surface area contributed by atoms with E-state index in [2.05, 4.69) is 25.9 Å². The molecule has 4 rings (SSSR count). The molecule has 1 amide bonds. The number of carbonyl (C=O) groups excluding carboxylic acids is 1. The van der Waals surface area contributed by atoms with Crippen LogP contribution in [0.3, 0.4) is 0 Å². The highest BCUT2D eigenvalue weighted by atomic mass is 16.4. The maximum absolute atomic E-state index is 11.9. The van der Waals surface area contributed by atoms with Crippen molar-refractivity contribution in [3.8, 4) is 11.1 Å². The average Bonchev–Trinajstić information content (AvgIpc) is 3.41. The van der Waals surface area contributed by atoms with Gasteiger partial charge in [0.15, 0.2) is 5.82 Å². The molecule has 2 atom stereocenters. The quantitative estimate of drug-likeness (QED) is 0.530. The van der Waals surface area contributed by atoms with Crippen molar-refractivity contribution in [1.29, 1.82) is 0 Å². The molecule has 2 aromatic carbocycles. The predicted octanol–water partition coefficient (Wildman–Crippen LogP) is 2.94. The van der Waals surface area contributed by atoms with Crippen molar-refractivity contribution in [2.24, 2.45) is 5.92 Å². The van der Waals surface area contributed by atoms with Crippen LogP contribution in [0.1, 0.15) is 53.0 Å². The highest BCUT2D eigenvalue weighted by Crippen LogP contribution is 2.31. The summed E-state index contributed by atoms with van der Waals surface area (Å²) in [6, 6.07) is 13.9. The Morgan fingerprint density at radius 3 is 2.60 bits per heavy atom.